The Bertz CT molecular complexity index is 2470. The summed E-state index contributed by atoms with van der Waals surface area (Å²) in [7, 11) is -9.64. The van der Waals surface area contributed by atoms with E-state index in [-0.39, 0.29) is 56.9 Å². The zero-order valence-electron chi connectivity index (χ0n) is 28.0. The van der Waals surface area contributed by atoms with Gasteiger partial charge in [0, 0.05) is 22.7 Å². The van der Waals surface area contributed by atoms with E-state index in [4.69, 9.17) is 23.2 Å². The fourth-order valence-electron chi connectivity index (χ4n) is 4.98. The van der Waals surface area contributed by atoms with Crippen LogP contribution >= 0.6 is 23.2 Å². The third-order valence-corrected chi connectivity index (χ3v) is 9.69. The molecule has 20 heteroatoms. The van der Waals surface area contributed by atoms with Crippen LogP contribution in [-0.2, 0) is 20.2 Å². The first-order chi connectivity index (χ1) is 25.6. The summed E-state index contributed by atoms with van der Waals surface area (Å²) in [5, 5.41) is 11.5. The van der Waals surface area contributed by atoms with E-state index < -0.39 is 30.0 Å². The Morgan fingerprint density at radius 1 is 0.519 bits per heavy atom. The van der Waals surface area contributed by atoms with Crippen LogP contribution in [0.15, 0.2) is 94.7 Å². The van der Waals surface area contributed by atoms with Gasteiger partial charge in [-0.3, -0.25) is 9.11 Å². The molecule has 0 unspecified atom stereocenters. The maximum Gasteiger partial charge on any atom is 0.295 e. The molecule has 6 N–H and O–H groups in total. The second-order valence-electron chi connectivity index (χ2n) is 11.4. The second kappa shape index (κ2) is 15.7. The van der Waals surface area contributed by atoms with Gasteiger partial charge in [0.15, 0.2) is 0 Å². The summed E-state index contributed by atoms with van der Waals surface area (Å²) in [6.45, 7) is 3.79. The number of halogens is 2. The number of aromatic nitrogens is 6. The van der Waals surface area contributed by atoms with Gasteiger partial charge in [0.25, 0.3) is 20.2 Å². The van der Waals surface area contributed by atoms with E-state index in [0.717, 1.165) is 34.6 Å². The van der Waals surface area contributed by atoms with E-state index in [1.165, 1.54) is 36.4 Å². The molecule has 0 bridgehead atoms. The van der Waals surface area contributed by atoms with Crippen LogP contribution in [0.2, 0.25) is 10.6 Å². The average Bonchev–Trinajstić information content (AvgIpc) is 3.09. The molecule has 0 saturated heterocycles. The van der Waals surface area contributed by atoms with Crippen LogP contribution in [-0.4, -0.2) is 55.8 Å². The van der Waals surface area contributed by atoms with E-state index in [1.807, 2.05) is 62.4 Å². The molecule has 54 heavy (non-hydrogen) atoms. The van der Waals surface area contributed by atoms with Gasteiger partial charge in [-0.2, -0.15) is 46.7 Å². The molecule has 276 valence electrons. The standard InChI is InChI=1S/C34H28Cl2N10O6S2/c1-19-7-3-5-9-25(19)39-33-43-29(35)41-31(45-33)37-23-15-13-21(27(17-23)53(47,48)49)11-12-22-14-16-24(18-28(22)54(50,51)52)38-32-42-30(36)44-34(46-32)40-26-10-6-4-8-20(26)2/h3-18H,1-2H3,(H,47,48,49)(H,50,51,52)(H2,37,39,41,43,45)(H2,38,40,42,44,46). The van der Waals surface area contributed by atoms with Gasteiger partial charge in [-0.05, 0) is 95.7 Å². The third kappa shape index (κ3) is 9.61. The number of hydrogen-bond acceptors (Lipinski definition) is 14. The summed E-state index contributed by atoms with van der Waals surface area (Å²) in [6.07, 6.45) is 2.51. The van der Waals surface area contributed by atoms with Crippen molar-refractivity contribution >= 4 is 102 Å². The number of para-hydroxylation sites is 2. The first-order valence-corrected chi connectivity index (χ1v) is 19.2. The van der Waals surface area contributed by atoms with Gasteiger partial charge in [0.05, 0.1) is 0 Å². The summed E-state index contributed by atoms with van der Waals surface area (Å²) in [4.78, 5) is 23.7. The predicted molar refractivity (Wildman–Crippen MR) is 207 cm³/mol. The lowest BCUT2D eigenvalue weighted by atomic mass is 10.1. The topological polar surface area (TPSA) is 234 Å². The SMILES string of the molecule is Cc1ccccc1Nc1nc(Cl)nc(Nc2ccc(C=Cc3ccc(Nc4nc(Cl)nc(Nc5ccccc5C)n4)cc3S(=O)(=O)O)c(S(=O)(=O)O)c2)n1. The summed E-state index contributed by atoms with van der Waals surface area (Å²) in [5.74, 6) is 0.184. The lowest BCUT2D eigenvalue weighted by molar-refractivity contribution is 0.480. The minimum Gasteiger partial charge on any atom is -0.324 e. The first-order valence-electron chi connectivity index (χ1n) is 15.5. The molecule has 0 fully saturated rings. The number of rotatable bonds is 12. The predicted octanol–water partition coefficient (Wildman–Crippen LogP) is 7.62. The van der Waals surface area contributed by atoms with Crippen molar-refractivity contribution in [3.63, 3.8) is 0 Å². The van der Waals surface area contributed by atoms with E-state index in [2.05, 4.69) is 51.2 Å². The summed E-state index contributed by atoms with van der Waals surface area (Å²) < 4.78 is 70.1. The molecule has 0 radical (unpaired) electrons. The van der Waals surface area contributed by atoms with Crippen molar-refractivity contribution in [3.05, 3.63) is 118 Å². The van der Waals surface area contributed by atoms with Crippen LogP contribution < -0.4 is 21.3 Å². The van der Waals surface area contributed by atoms with E-state index >= 15 is 0 Å². The summed E-state index contributed by atoms with van der Waals surface area (Å²) >= 11 is 12.2. The molecule has 0 atom stereocenters. The summed E-state index contributed by atoms with van der Waals surface area (Å²) in [5.41, 5.74) is 3.59. The Balaban J connectivity index is 1.25. The quantitative estimate of drug-likeness (QED) is 0.0515. The number of aryl methyl sites for hydroxylation is 2. The van der Waals surface area contributed by atoms with Gasteiger partial charge in [0.1, 0.15) is 9.79 Å². The molecule has 0 amide bonds. The van der Waals surface area contributed by atoms with Crippen molar-refractivity contribution < 1.29 is 25.9 Å². The molecule has 6 aromatic rings. The zero-order chi connectivity index (χ0) is 38.6. The van der Waals surface area contributed by atoms with E-state index in [1.54, 1.807) is 0 Å². The molecule has 16 nitrogen and oxygen atoms in total. The van der Waals surface area contributed by atoms with Gasteiger partial charge in [-0.1, -0.05) is 60.7 Å². The molecular formula is C34H28Cl2N10O6S2. The highest BCUT2D eigenvalue weighted by Gasteiger charge is 2.19. The molecule has 0 aliphatic rings. The lowest BCUT2D eigenvalue weighted by Crippen LogP contribution is -2.06. The van der Waals surface area contributed by atoms with Crippen LogP contribution in [0.3, 0.4) is 0 Å². The Hall–Kier alpha value is -5.76. The highest BCUT2D eigenvalue weighted by atomic mass is 35.5. The van der Waals surface area contributed by atoms with E-state index in [9.17, 15) is 25.9 Å². The maximum absolute atomic E-state index is 12.5. The Morgan fingerprint density at radius 2 is 0.870 bits per heavy atom. The number of hydrogen-bond donors (Lipinski definition) is 6. The lowest BCUT2D eigenvalue weighted by Gasteiger charge is -2.12. The molecule has 0 saturated carbocycles. The molecule has 0 aliphatic carbocycles. The minimum absolute atomic E-state index is 0.0179. The average molecular weight is 808 g/mol. The zero-order valence-corrected chi connectivity index (χ0v) is 31.2. The highest BCUT2D eigenvalue weighted by molar-refractivity contribution is 7.86. The number of nitrogens with zero attached hydrogens (tertiary/aromatic N) is 6. The number of anilines is 8. The Morgan fingerprint density at radius 3 is 1.22 bits per heavy atom. The molecule has 2 aromatic heterocycles. The van der Waals surface area contributed by atoms with Gasteiger partial charge in [-0.15, -0.1) is 0 Å². The van der Waals surface area contributed by atoms with Crippen molar-refractivity contribution in [2.24, 2.45) is 0 Å². The Labute approximate surface area is 319 Å². The molecule has 4 aromatic carbocycles. The van der Waals surface area contributed by atoms with Crippen LogP contribution in [0.1, 0.15) is 22.3 Å². The molecule has 0 aliphatic heterocycles. The van der Waals surface area contributed by atoms with Crippen LogP contribution in [0.5, 0.6) is 0 Å². The number of benzene rings is 4. The fourth-order valence-corrected chi connectivity index (χ4v) is 6.72. The van der Waals surface area contributed by atoms with E-state index in [0.29, 0.717) is 0 Å². The van der Waals surface area contributed by atoms with Crippen LogP contribution in [0.4, 0.5) is 46.5 Å². The largest absolute Gasteiger partial charge is 0.324 e. The smallest absolute Gasteiger partial charge is 0.295 e. The van der Waals surface area contributed by atoms with Gasteiger partial charge >= 0.3 is 0 Å². The van der Waals surface area contributed by atoms with Crippen molar-refractivity contribution in [2.75, 3.05) is 21.3 Å². The maximum atomic E-state index is 12.5. The summed E-state index contributed by atoms with van der Waals surface area (Å²) in [6, 6.07) is 22.7. The number of nitrogens with one attached hydrogen (secondary N) is 4. The van der Waals surface area contributed by atoms with Crippen molar-refractivity contribution in [1.82, 2.24) is 29.9 Å². The molecular weight excluding hydrogens is 779 g/mol. The fraction of sp³-hybridized carbons (Fsp3) is 0.0588. The molecule has 0 spiro atoms. The third-order valence-electron chi connectivity index (χ3n) is 7.54. The highest BCUT2D eigenvalue weighted by Crippen LogP contribution is 2.29. The second-order valence-corrected chi connectivity index (χ2v) is 14.9. The minimum atomic E-state index is -4.82. The van der Waals surface area contributed by atoms with Gasteiger partial charge in [0.2, 0.25) is 34.4 Å². The molecule has 6 rings (SSSR count). The normalized spacial score (nSPS) is 11.7. The monoisotopic (exact) mass is 806 g/mol. The Kier molecular flexibility index (Phi) is 11.0. The van der Waals surface area contributed by atoms with Crippen molar-refractivity contribution in [1.29, 1.82) is 0 Å². The van der Waals surface area contributed by atoms with Gasteiger partial charge in [-0.25, -0.2) is 0 Å². The van der Waals surface area contributed by atoms with Gasteiger partial charge < -0.3 is 21.3 Å². The van der Waals surface area contributed by atoms with Crippen molar-refractivity contribution in [3.8, 4) is 0 Å². The molecule has 2 heterocycles. The van der Waals surface area contributed by atoms with Crippen LogP contribution in [0.25, 0.3) is 12.2 Å². The van der Waals surface area contributed by atoms with Crippen LogP contribution in [0, 0.1) is 13.8 Å². The first kappa shape index (κ1) is 38.0. The van der Waals surface area contributed by atoms with Crippen molar-refractivity contribution in [2.45, 2.75) is 23.6 Å².